The first kappa shape index (κ1) is 9.32. The van der Waals surface area contributed by atoms with Crippen LogP contribution in [0.15, 0.2) is 0 Å². The van der Waals surface area contributed by atoms with Gasteiger partial charge in [0.25, 0.3) is 0 Å². The van der Waals surface area contributed by atoms with Gasteiger partial charge in [-0.1, -0.05) is 0 Å². The monoisotopic (exact) mass is 171 g/mol. The Morgan fingerprint density at radius 1 is 1.58 bits per heavy atom. The van der Waals surface area contributed by atoms with Crippen molar-refractivity contribution in [1.82, 2.24) is 4.90 Å². The lowest BCUT2D eigenvalue weighted by molar-refractivity contribution is 0.0558. The molecule has 4 nitrogen and oxygen atoms in total. The van der Waals surface area contributed by atoms with E-state index in [-0.39, 0.29) is 5.96 Å². The van der Waals surface area contributed by atoms with Crippen LogP contribution in [-0.2, 0) is 4.74 Å². The fraction of sp³-hybridized carbons (Fsp3) is 0.875. The molecule has 3 N–H and O–H groups in total. The summed E-state index contributed by atoms with van der Waals surface area (Å²) in [6.45, 7) is 4.44. The van der Waals surface area contributed by atoms with Crippen LogP contribution in [-0.4, -0.2) is 36.7 Å². The van der Waals surface area contributed by atoms with Crippen LogP contribution in [0.4, 0.5) is 0 Å². The molecule has 1 rings (SSSR count). The van der Waals surface area contributed by atoms with Crippen LogP contribution >= 0.6 is 0 Å². The van der Waals surface area contributed by atoms with E-state index in [0.29, 0.717) is 6.04 Å². The Morgan fingerprint density at radius 2 is 2.17 bits per heavy atom. The summed E-state index contributed by atoms with van der Waals surface area (Å²) in [6, 6.07) is 0.418. The zero-order valence-corrected chi connectivity index (χ0v) is 7.55. The lowest BCUT2D eigenvalue weighted by atomic mass is 10.1. The molecule has 0 aromatic rings. The van der Waals surface area contributed by atoms with Gasteiger partial charge in [0.2, 0.25) is 0 Å². The second-order valence-corrected chi connectivity index (χ2v) is 3.01. The predicted molar refractivity (Wildman–Crippen MR) is 48.1 cm³/mol. The first-order valence-electron chi connectivity index (χ1n) is 4.44. The molecule has 70 valence electrons. The minimum atomic E-state index is 0.185. The first-order valence-corrected chi connectivity index (χ1v) is 4.44. The molecule has 1 aliphatic heterocycles. The van der Waals surface area contributed by atoms with Crippen molar-refractivity contribution in [1.29, 1.82) is 5.41 Å². The van der Waals surface area contributed by atoms with E-state index < -0.39 is 0 Å². The highest BCUT2D eigenvalue weighted by atomic mass is 16.5. The molecule has 0 saturated carbocycles. The topological polar surface area (TPSA) is 62.3 Å². The van der Waals surface area contributed by atoms with Gasteiger partial charge in [-0.3, -0.25) is 5.41 Å². The summed E-state index contributed by atoms with van der Waals surface area (Å²) < 4.78 is 5.24. The van der Waals surface area contributed by atoms with Gasteiger partial charge in [-0.05, 0) is 19.8 Å². The van der Waals surface area contributed by atoms with Crippen molar-refractivity contribution in [2.24, 2.45) is 5.73 Å². The average molecular weight is 171 g/mol. The van der Waals surface area contributed by atoms with Gasteiger partial charge in [-0.2, -0.15) is 0 Å². The second-order valence-electron chi connectivity index (χ2n) is 3.01. The minimum absolute atomic E-state index is 0.185. The molecule has 0 spiro atoms. The number of nitrogens with one attached hydrogen (secondary N) is 1. The van der Waals surface area contributed by atoms with Crippen molar-refractivity contribution in [3.8, 4) is 0 Å². The van der Waals surface area contributed by atoms with E-state index >= 15 is 0 Å². The molecular weight excluding hydrogens is 154 g/mol. The van der Waals surface area contributed by atoms with Crippen molar-refractivity contribution in [3.05, 3.63) is 0 Å². The zero-order valence-electron chi connectivity index (χ0n) is 7.55. The highest BCUT2D eigenvalue weighted by Gasteiger charge is 2.20. The fourth-order valence-electron chi connectivity index (χ4n) is 1.62. The molecule has 0 aromatic carbocycles. The summed E-state index contributed by atoms with van der Waals surface area (Å²) in [7, 11) is 0. The molecule has 0 radical (unpaired) electrons. The summed E-state index contributed by atoms with van der Waals surface area (Å²) in [5.41, 5.74) is 5.45. The van der Waals surface area contributed by atoms with Crippen LogP contribution in [0, 0.1) is 5.41 Å². The number of guanidine groups is 1. The molecule has 4 heteroatoms. The van der Waals surface area contributed by atoms with Crippen LogP contribution in [0.25, 0.3) is 0 Å². The molecule has 12 heavy (non-hydrogen) atoms. The highest BCUT2D eigenvalue weighted by Crippen LogP contribution is 2.13. The second kappa shape index (κ2) is 4.30. The Balaban J connectivity index is 2.46. The standard InChI is InChI=1S/C8H17N3O/c1-2-11(8(9)10)7-3-5-12-6-4-7/h7H,2-6H2,1H3,(H3,9,10). The Hall–Kier alpha value is -0.770. The highest BCUT2D eigenvalue weighted by molar-refractivity contribution is 5.74. The van der Waals surface area contributed by atoms with Gasteiger partial charge in [0.1, 0.15) is 0 Å². The Morgan fingerprint density at radius 3 is 2.58 bits per heavy atom. The molecule has 1 saturated heterocycles. The van der Waals surface area contributed by atoms with Crippen LogP contribution in [0.3, 0.4) is 0 Å². The van der Waals surface area contributed by atoms with E-state index in [9.17, 15) is 0 Å². The third kappa shape index (κ3) is 2.11. The maximum atomic E-state index is 7.35. The number of hydrogen-bond acceptors (Lipinski definition) is 2. The van der Waals surface area contributed by atoms with E-state index in [2.05, 4.69) is 0 Å². The Kier molecular flexibility index (Phi) is 3.34. The van der Waals surface area contributed by atoms with Crippen molar-refractivity contribution < 1.29 is 4.74 Å². The maximum Gasteiger partial charge on any atom is 0.188 e. The summed E-state index contributed by atoms with van der Waals surface area (Å²) in [6.07, 6.45) is 1.99. The van der Waals surface area contributed by atoms with E-state index in [1.54, 1.807) is 0 Å². The minimum Gasteiger partial charge on any atom is -0.381 e. The number of nitrogens with zero attached hydrogens (tertiary/aromatic N) is 1. The third-order valence-corrected chi connectivity index (χ3v) is 2.28. The predicted octanol–water partition coefficient (Wildman–Crippen LogP) is 0.381. The molecule has 0 aliphatic carbocycles. The molecule has 0 bridgehead atoms. The Labute approximate surface area is 73.2 Å². The van der Waals surface area contributed by atoms with Crippen LogP contribution in [0.5, 0.6) is 0 Å². The third-order valence-electron chi connectivity index (χ3n) is 2.28. The van der Waals surface area contributed by atoms with Gasteiger partial charge in [-0.25, -0.2) is 0 Å². The van der Waals surface area contributed by atoms with E-state index in [1.165, 1.54) is 0 Å². The number of nitrogens with two attached hydrogens (primary N) is 1. The average Bonchev–Trinajstić information content (AvgIpc) is 2.07. The van der Waals surface area contributed by atoms with Crippen LogP contribution in [0.1, 0.15) is 19.8 Å². The largest absolute Gasteiger partial charge is 0.381 e. The van der Waals surface area contributed by atoms with Crippen molar-refractivity contribution >= 4 is 5.96 Å². The molecule has 0 atom stereocenters. The summed E-state index contributed by atoms with van der Waals surface area (Å²) >= 11 is 0. The van der Waals surface area contributed by atoms with Crippen LogP contribution in [0.2, 0.25) is 0 Å². The molecule has 0 amide bonds. The molecule has 1 heterocycles. The molecule has 0 unspecified atom stereocenters. The lowest BCUT2D eigenvalue weighted by Crippen LogP contribution is -2.46. The van der Waals surface area contributed by atoms with E-state index in [1.807, 2.05) is 11.8 Å². The van der Waals surface area contributed by atoms with Gasteiger partial charge in [-0.15, -0.1) is 0 Å². The number of hydrogen-bond donors (Lipinski definition) is 2. The van der Waals surface area contributed by atoms with Gasteiger partial charge < -0.3 is 15.4 Å². The van der Waals surface area contributed by atoms with Gasteiger partial charge in [0, 0.05) is 25.8 Å². The molecular formula is C8H17N3O. The molecule has 1 fully saturated rings. The van der Waals surface area contributed by atoms with Gasteiger partial charge in [0.15, 0.2) is 5.96 Å². The lowest BCUT2D eigenvalue weighted by Gasteiger charge is -2.33. The van der Waals surface area contributed by atoms with Crippen molar-refractivity contribution in [2.45, 2.75) is 25.8 Å². The van der Waals surface area contributed by atoms with E-state index in [0.717, 1.165) is 32.6 Å². The maximum absolute atomic E-state index is 7.35. The number of ether oxygens (including phenoxy) is 1. The normalized spacial score (nSPS) is 19.1. The smallest absolute Gasteiger partial charge is 0.188 e. The van der Waals surface area contributed by atoms with Gasteiger partial charge in [0.05, 0.1) is 0 Å². The SMILES string of the molecule is CCN(C(=N)N)C1CCOCC1. The summed E-state index contributed by atoms with van der Waals surface area (Å²) in [4.78, 5) is 1.93. The zero-order chi connectivity index (χ0) is 8.97. The van der Waals surface area contributed by atoms with Crippen molar-refractivity contribution in [2.75, 3.05) is 19.8 Å². The summed E-state index contributed by atoms with van der Waals surface area (Å²) in [5.74, 6) is 0.185. The number of rotatable bonds is 2. The summed E-state index contributed by atoms with van der Waals surface area (Å²) in [5, 5.41) is 7.35. The van der Waals surface area contributed by atoms with E-state index in [4.69, 9.17) is 15.9 Å². The quantitative estimate of drug-likeness (QED) is 0.466. The van der Waals surface area contributed by atoms with Gasteiger partial charge >= 0.3 is 0 Å². The molecule has 0 aromatic heterocycles. The molecule has 1 aliphatic rings. The van der Waals surface area contributed by atoms with Crippen molar-refractivity contribution in [3.63, 3.8) is 0 Å². The first-order chi connectivity index (χ1) is 5.75. The Bertz CT molecular complexity index is 154. The fourth-order valence-corrected chi connectivity index (χ4v) is 1.62. The van der Waals surface area contributed by atoms with Crippen LogP contribution < -0.4 is 5.73 Å².